The zero-order valence-electron chi connectivity index (χ0n) is 16.0. The van der Waals surface area contributed by atoms with Crippen molar-refractivity contribution in [1.29, 1.82) is 0 Å². The summed E-state index contributed by atoms with van der Waals surface area (Å²) in [6.45, 7) is 6.70. The fourth-order valence-corrected chi connectivity index (χ4v) is 1.37. The Balaban J connectivity index is 0. The van der Waals surface area contributed by atoms with E-state index >= 15 is 0 Å². The molecule has 0 aliphatic rings. The minimum atomic E-state index is -0.585. The summed E-state index contributed by atoms with van der Waals surface area (Å²) in [5.74, 6) is -0.194. The molecule has 0 aromatic rings. The van der Waals surface area contributed by atoms with Gasteiger partial charge in [-0.15, -0.1) is 0 Å². The third kappa shape index (κ3) is 20.8. The normalized spacial score (nSPS) is 12.5. The fraction of sp³-hybridized carbons (Fsp3) is 0.882. The Morgan fingerprint density at radius 2 is 1.31 bits per heavy atom. The molecule has 2 unspecified atom stereocenters. The Labute approximate surface area is 155 Å². The molecular weight excluding hydrogens is 348 g/mol. The smallest absolute Gasteiger partial charge is 0.305 e. The van der Waals surface area contributed by atoms with Crippen molar-refractivity contribution in [2.45, 2.75) is 65.4 Å². The second kappa shape index (κ2) is 20.1. The average Bonchev–Trinajstić information content (AvgIpc) is 2.65. The molecule has 0 bridgehead atoms. The fourth-order valence-electron chi connectivity index (χ4n) is 1.37. The van der Waals surface area contributed by atoms with Crippen LogP contribution in [0.5, 0.6) is 0 Å². The van der Waals surface area contributed by atoms with Crippen molar-refractivity contribution < 1.29 is 44.5 Å². The van der Waals surface area contributed by atoms with E-state index in [1.807, 2.05) is 6.92 Å². The number of ether oxygens (including phenoxy) is 2. The van der Waals surface area contributed by atoms with Gasteiger partial charge in [0, 0.05) is 12.8 Å². The average molecular weight is 382 g/mol. The summed E-state index contributed by atoms with van der Waals surface area (Å²) in [5, 5.41) is 25.0. The van der Waals surface area contributed by atoms with Crippen LogP contribution in [0.25, 0.3) is 0 Å². The van der Waals surface area contributed by atoms with Gasteiger partial charge in [-0.2, -0.15) is 0 Å². The van der Waals surface area contributed by atoms with Crippen molar-refractivity contribution in [3.63, 3.8) is 0 Å². The quantitative estimate of drug-likeness (QED) is 0.179. The zero-order valence-corrected chi connectivity index (χ0v) is 16.0. The van der Waals surface area contributed by atoms with E-state index < -0.39 is 6.10 Å². The van der Waals surface area contributed by atoms with Crippen molar-refractivity contribution in [2.24, 2.45) is 5.92 Å². The van der Waals surface area contributed by atoms with E-state index in [0.29, 0.717) is 38.2 Å². The van der Waals surface area contributed by atoms with Crippen LogP contribution in [0.3, 0.4) is 0 Å². The molecule has 26 heavy (non-hydrogen) atoms. The van der Waals surface area contributed by atoms with Crippen LogP contribution in [-0.2, 0) is 28.8 Å². The summed E-state index contributed by atoms with van der Waals surface area (Å²) in [6.07, 6.45) is 2.39. The van der Waals surface area contributed by atoms with Gasteiger partial charge in [-0.05, 0) is 25.2 Å². The van der Waals surface area contributed by atoms with Crippen LogP contribution in [0.1, 0.15) is 59.3 Å². The highest BCUT2D eigenvalue weighted by Gasteiger charge is 2.06. The summed E-state index contributed by atoms with van der Waals surface area (Å²) in [4.78, 5) is 29.5. The van der Waals surface area contributed by atoms with Crippen molar-refractivity contribution in [3.8, 4) is 0 Å². The molecular formula is C17H34O9. The van der Waals surface area contributed by atoms with Crippen LogP contribution in [0.15, 0.2) is 0 Å². The number of aliphatic hydroxyl groups excluding tert-OH is 1. The van der Waals surface area contributed by atoms with Gasteiger partial charge in [0.05, 0.1) is 25.9 Å². The van der Waals surface area contributed by atoms with E-state index in [-0.39, 0.29) is 38.2 Å². The number of carbonyl (C=O) groups is 2. The van der Waals surface area contributed by atoms with Gasteiger partial charge in [0.15, 0.2) is 0 Å². The molecule has 156 valence electrons. The van der Waals surface area contributed by atoms with Crippen molar-refractivity contribution in [1.82, 2.24) is 0 Å². The first-order chi connectivity index (χ1) is 12.4. The molecule has 0 aromatic heterocycles. The van der Waals surface area contributed by atoms with E-state index in [4.69, 9.17) is 25.1 Å². The van der Waals surface area contributed by atoms with E-state index in [1.165, 1.54) is 0 Å². The minimum Gasteiger partial charge on any atom is -0.465 e. The minimum absolute atomic E-state index is 0.0370. The molecule has 0 aromatic carbocycles. The van der Waals surface area contributed by atoms with E-state index in [1.54, 1.807) is 6.92 Å². The zero-order chi connectivity index (χ0) is 20.2. The number of rotatable bonds is 14. The lowest BCUT2D eigenvalue weighted by Crippen LogP contribution is -2.17. The van der Waals surface area contributed by atoms with Crippen LogP contribution in [0, 0.1) is 5.92 Å². The first kappa shape index (κ1) is 27.0. The molecule has 0 saturated carbocycles. The number of hydrogen-bond donors (Lipinski definition) is 3. The predicted octanol–water partition coefficient (Wildman–Crippen LogP) is 2.42. The Kier molecular flexibility index (Phi) is 20.8. The maximum atomic E-state index is 11.0. The van der Waals surface area contributed by atoms with Gasteiger partial charge in [-0.3, -0.25) is 20.1 Å². The van der Waals surface area contributed by atoms with Crippen molar-refractivity contribution in [3.05, 3.63) is 0 Å². The van der Waals surface area contributed by atoms with E-state index in [2.05, 4.69) is 16.7 Å². The molecule has 0 fully saturated rings. The highest BCUT2D eigenvalue weighted by Crippen LogP contribution is 2.02. The Morgan fingerprint density at radius 3 is 1.69 bits per heavy atom. The largest absolute Gasteiger partial charge is 0.465 e. The van der Waals surface area contributed by atoms with Crippen LogP contribution in [0.2, 0.25) is 0 Å². The molecule has 0 rings (SSSR count). The predicted molar refractivity (Wildman–Crippen MR) is 93.3 cm³/mol. The Hall–Kier alpha value is -1.26. The highest BCUT2D eigenvalue weighted by molar-refractivity contribution is 5.69. The molecule has 0 heterocycles. The molecule has 3 N–H and O–H groups in total. The molecule has 9 heteroatoms. The van der Waals surface area contributed by atoms with Gasteiger partial charge >= 0.3 is 11.9 Å². The standard InChI is InChI=1S/C9H18O4.C8H16O5/c1-3-8(2)7-12-9(10)5-4-6-13-11;1-2-7(9)6-12-8(10)4-3-5-13-11/h8,11H,3-7H2,1-2H3;7,9,11H,2-6H2,1H3. The molecule has 0 radical (unpaired) electrons. The molecule has 0 aliphatic heterocycles. The lowest BCUT2D eigenvalue weighted by atomic mass is 10.1. The molecule has 0 amide bonds. The summed E-state index contributed by atoms with van der Waals surface area (Å²) in [6, 6.07) is 0. The lowest BCUT2D eigenvalue weighted by Gasteiger charge is -2.08. The first-order valence-electron chi connectivity index (χ1n) is 8.93. The lowest BCUT2D eigenvalue weighted by molar-refractivity contribution is -0.242. The molecule has 0 spiro atoms. The van der Waals surface area contributed by atoms with E-state index in [9.17, 15) is 9.59 Å². The monoisotopic (exact) mass is 382 g/mol. The first-order valence-corrected chi connectivity index (χ1v) is 8.93. The van der Waals surface area contributed by atoms with Crippen molar-refractivity contribution in [2.75, 3.05) is 26.4 Å². The van der Waals surface area contributed by atoms with E-state index in [0.717, 1.165) is 6.42 Å². The number of hydrogen-bond acceptors (Lipinski definition) is 9. The summed E-state index contributed by atoms with van der Waals surface area (Å²) >= 11 is 0. The van der Waals surface area contributed by atoms with Crippen LogP contribution >= 0.6 is 0 Å². The van der Waals surface area contributed by atoms with Gasteiger partial charge < -0.3 is 14.6 Å². The molecule has 9 nitrogen and oxygen atoms in total. The Morgan fingerprint density at radius 1 is 0.846 bits per heavy atom. The van der Waals surface area contributed by atoms with Gasteiger partial charge in [0.1, 0.15) is 6.61 Å². The number of aliphatic hydroxyl groups is 1. The number of esters is 2. The topological polar surface area (TPSA) is 132 Å². The van der Waals surface area contributed by atoms with Crippen LogP contribution in [0.4, 0.5) is 0 Å². The summed E-state index contributed by atoms with van der Waals surface area (Å²) in [5.41, 5.74) is 0. The van der Waals surface area contributed by atoms with Gasteiger partial charge in [0.25, 0.3) is 0 Å². The van der Waals surface area contributed by atoms with Crippen molar-refractivity contribution >= 4 is 11.9 Å². The molecule has 0 aliphatic carbocycles. The third-order valence-electron chi connectivity index (χ3n) is 3.37. The van der Waals surface area contributed by atoms with Gasteiger partial charge in [0.2, 0.25) is 0 Å². The second-order valence-corrected chi connectivity index (χ2v) is 5.82. The maximum absolute atomic E-state index is 11.0. The van der Waals surface area contributed by atoms with Crippen LogP contribution < -0.4 is 0 Å². The third-order valence-corrected chi connectivity index (χ3v) is 3.37. The van der Waals surface area contributed by atoms with Gasteiger partial charge in [-0.1, -0.05) is 27.2 Å². The second-order valence-electron chi connectivity index (χ2n) is 5.82. The summed E-state index contributed by atoms with van der Waals surface area (Å²) < 4.78 is 9.68. The number of carbonyl (C=O) groups excluding carboxylic acids is 2. The summed E-state index contributed by atoms with van der Waals surface area (Å²) in [7, 11) is 0. The highest BCUT2D eigenvalue weighted by atomic mass is 17.1. The van der Waals surface area contributed by atoms with Crippen LogP contribution in [-0.4, -0.2) is 60.1 Å². The van der Waals surface area contributed by atoms with Gasteiger partial charge in [-0.25, -0.2) is 9.78 Å². The molecule has 2 atom stereocenters. The molecule has 0 saturated heterocycles. The Bertz CT molecular complexity index is 304. The maximum Gasteiger partial charge on any atom is 0.305 e. The SMILES string of the molecule is CCC(C)COC(=O)CCCOO.CCC(O)COC(=O)CCCOO.